The Morgan fingerprint density at radius 3 is 2.18 bits per heavy atom. The minimum absolute atomic E-state index is 0.278. The van der Waals surface area contributed by atoms with E-state index in [0.717, 1.165) is 0 Å². The van der Waals surface area contributed by atoms with E-state index in [1.54, 1.807) is 14.0 Å². The molecule has 0 spiro atoms. The van der Waals surface area contributed by atoms with Crippen LogP contribution in [0.15, 0.2) is 0 Å². The van der Waals surface area contributed by atoms with Crippen molar-refractivity contribution in [2.75, 3.05) is 13.6 Å². The maximum Gasteiger partial charge on any atom is 0.389 e. The molecule has 0 aromatic rings. The normalized spacial score (nSPS) is 15.0. The summed E-state index contributed by atoms with van der Waals surface area (Å²) in [6.07, 6.45) is -4.12. The van der Waals surface area contributed by atoms with Crippen LogP contribution in [0.1, 0.15) is 19.8 Å². The average molecular weight is 169 g/mol. The number of rotatable bonds is 4. The Morgan fingerprint density at radius 1 is 1.36 bits per heavy atom. The molecule has 0 aliphatic rings. The van der Waals surface area contributed by atoms with Crippen molar-refractivity contribution >= 4 is 0 Å². The van der Waals surface area contributed by atoms with E-state index in [0.29, 0.717) is 13.0 Å². The molecular weight excluding hydrogens is 155 g/mol. The summed E-state index contributed by atoms with van der Waals surface area (Å²) < 4.78 is 35.4. The first-order chi connectivity index (χ1) is 4.99. The predicted molar refractivity (Wildman–Crippen MR) is 38.4 cm³/mol. The van der Waals surface area contributed by atoms with Crippen LogP contribution < -0.4 is 5.32 Å². The molecule has 0 aromatic heterocycles. The molecule has 0 aliphatic carbocycles. The Balaban J connectivity index is 3.68. The van der Waals surface area contributed by atoms with Gasteiger partial charge in [0.15, 0.2) is 0 Å². The second-order valence-corrected chi connectivity index (χ2v) is 2.65. The Kier molecular flexibility index (Phi) is 4.49. The van der Waals surface area contributed by atoms with Crippen molar-refractivity contribution in [3.05, 3.63) is 0 Å². The van der Waals surface area contributed by atoms with Crippen molar-refractivity contribution in [1.29, 1.82) is 0 Å². The van der Waals surface area contributed by atoms with Gasteiger partial charge in [-0.3, -0.25) is 0 Å². The lowest BCUT2D eigenvalue weighted by Gasteiger charge is -2.15. The van der Waals surface area contributed by atoms with Gasteiger partial charge in [-0.1, -0.05) is 13.3 Å². The lowest BCUT2D eigenvalue weighted by Crippen LogP contribution is -2.23. The summed E-state index contributed by atoms with van der Waals surface area (Å²) >= 11 is 0. The smallest absolute Gasteiger partial charge is 0.319 e. The Bertz CT molecular complexity index is 100. The number of nitrogens with one attached hydrogen (secondary N) is 1. The van der Waals surface area contributed by atoms with Gasteiger partial charge in [0.2, 0.25) is 0 Å². The first-order valence-electron chi connectivity index (χ1n) is 3.71. The van der Waals surface area contributed by atoms with E-state index in [9.17, 15) is 13.2 Å². The molecule has 1 atom stereocenters. The van der Waals surface area contributed by atoms with Gasteiger partial charge >= 0.3 is 6.18 Å². The molecule has 0 amide bonds. The van der Waals surface area contributed by atoms with Crippen molar-refractivity contribution < 1.29 is 13.2 Å². The SMILES string of the molecule is CC[C@@H](CNC)CC(F)(F)F. The molecule has 1 N–H and O–H groups in total. The van der Waals surface area contributed by atoms with Crippen LogP contribution in [0.5, 0.6) is 0 Å². The van der Waals surface area contributed by atoms with Crippen molar-refractivity contribution in [2.45, 2.75) is 25.9 Å². The maximum absolute atomic E-state index is 11.8. The van der Waals surface area contributed by atoms with Gasteiger partial charge in [-0.2, -0.15) is 13.2 Å². The standard InChI is InChI=1S/C7H14F3N/c1-3-6(5-11-2)4-7(8,9)10/h6,11H,3-5H2,1-2H3/t6-/m1/s1. The average Bonchev–Trinajstić information content (AvgIpc) is 1.84. The molecule has 0 bridgehead atoms. The molecular formula is C7H14F3N. The van der Waals surface area contributed by atoms with Crippen molar-refractivity contribution in [2.24, 2.45) is 5.92 Å². The second-order valence-electron chi connectivity index (χ2n) is 2.65. The third-order valence-electron chi connectivity index (χ3n) is 1.59. The number of halogens is 3. The van der Waals surface area contributed by atoms with Crippen molar-refractivity contribution in [3.63, 3.8) is 0 Å². The van der Waals surface area contributed by atoms with E-state index in [2.05, 4.69) is 5.32 Å². The van der Waals surface area contributed by atoms with E-state index in [1.807, 2.05) is 0 Å². The van der Waals surface area contributed by atoms with Crippen LogP contribution in [0.3, 0.4) is 0 Å². The van der Waals surface area contributed by atoms with Gasteiger partial charge in [0.25, 0.3) is 0 Å². The van der Waals surface area contributed by atoms with E-state index in [1.165, 1.54) is 0 Å². The second kappa shape index (κ2) is 4.59. The molecule has 4 heteroatoms. The first kappa shape index (κ1) is 10.8. The first-order valence-corrected chi connectivity index (χ1v) is 3.71. The zero-order valence-electron chi connectivity index (χ0n) is 6.83. The fourth-order valence-electron chi connectivity index (χ4n) is 0.977. The topological polar surface area (TPSA) is 12.0 Å². The highest BCUT2D eigenvalue weighted by atomic mass is 19.4. The zero-order chi connectivity index (χ0) is 8.91. The highest BCUT2D eigenvalue weighted by molar-refractivity contribution is 4.63. The molecule has 0 saturated carbocycles. The monoisotopic (exact) mass is 169 g/mol. The zero-order valence-corrected chi connectivity index (χ0v) is 6.83. The lowest BCUT2D eigenvalue weighted by atomic mass is 10.0. The fourth-order valence-corrected chi connectivity index (χ4v) is 0.977. The van der Waals surface area contributed by atoms with E-state index in [4.69, 9.17) is 0 Å². The molecule has 0 radical (unpaired) electrons. The van der Waals surface area contributed by atoms with Gasteiger partial charge in [-0.15, -0.1) is 0 Å². The van der Waals surface area contributed by atoms with Gasteiger partial charge in [-0.05, 0) is 19.5 Å². The maximum atomic E-state index is 11.8. The molecule has 0 aromatic carbocycles. The quantitative estimate of drug-likeness (QED) is 0.680. The van der Waals surface area contributed by atoms with E-state index >= 15 is 0 Å². The Hall–Kier alpha value is -0.250. The van der Waals surface area contributed by atoms with Gasteiger partial charge in [-0.25, -0.2) is 0 Å². The Morgan fingerprint density at radius 2 is 1.91 bits per heavy atom. The van der Waals surface area contributed by atoms with Gasteiger partial charge in [0, 0.05) is 6.42 Å². The summed E-state index contributed by atoms with van der Waals surface area (Å²) in [5.74, 6) is -0.278. The van der Waals surface area contributed by atoms with E-state index < -0.39 is 12.6 Å². The number of hydrogen-bond acceptors (Lipinski definition) is 1. The van der Waals surface area contributed by atoms with Crippen LogP contribution in [0.4, 0.5) is 13.2 Å². The van der Waals surface area contributed by atoms with Crippen molar-refractivity contribution in [1.82, 2.24) is 5.32 Å². The highest BCUT2D eigenvalue weighted by Crippen LogP contribution is 2.25. The summed E-state index contributed by atoms with van der Waals surface area (Å²) in [7, 11) is 1.67. The third-order valence-corrected chi connectivity index (χ3v) is 1.59. The largest absolute Gasteiger partial charge is 0.389 e. The predicted octanol–water partition coefficient (Wildman–Crippen LogP) is 2.18. The third kappa shape index (κ3) is 6.16. The molecule has 0 fully saturated rings. The van der Waals surface area contributed by atoms with E-state index in [-0.39, 0.29) is 5.92 Å². The molecule has 0 aliphatic heterocycles. The molecule has 68 valence electrons. The van der Waals surface area contributed by atoms with Crippen LogP contribution in [0.2, 0.25) is 0 Å². The molecule has 0 heterocycles. The Labute approximate surface area is 65.0 Å². The van der Waals surface area contributed by atoms with Gasteiger partial charge in [0.05, 0.1) is 0 Å². The van der Waals surface area contributed by atoms with Gasteiger partial charge < -0.3 is 5.32 Å². The number of alkyl halides is 3. The lowest BCUT2D eigenvalue weighted by molar-refractivity contribution is -0.144. The molecule has 1 nitrogen and oxygen atoms in total. The number of hydrogen-bond donors (Lipinski definition) is 1. The highest BCUT2D eigenvalue weighted by Gasteiger charge is 2.30. The van der Waals surface area contributed by atoms with Crippen LogP contribution >= 0.6 is 0 Å². The molecule has 0 saturated heterocycles. The fraction of sp³-hybridized carbons (Fsp3) is 1.00. The van der Waals surface area contributed by atoms with Crippen molar-refractivity contribution in [3.8, 4) is 0 Å². The van der Waals surface area contributed by atoms with Crippen LogP contribution in [-0.2, 0) is 0 Å². The van der Waals surface area contributed by atoms with Crippen LogP contribution in [0.25, 0.3) is 0 Å². The summed E-state index contributed by atoms with van der Waals surface area (Å²) in [5, 5.41) is 2.74. The molecule has 0 unspecified atom stereocenters. The summed E-state index contributed by atoms with van der Waals surface area (Å²) in [4.78, 5) is 0. The minimum atomic E-state index is -4.02. The van der Waals surface area contributed by atoms with Gasteiger partial charge in [0.1, 0.15) is 0 Å². The van der Waals surface area contributed by atoms with Crippen LogP contribution in [-0.4, -0.2) is 19.8 Å². The van der Waals surface area contributed by atoms with Crippen LogP contribution in [0, 0.1) is 5.92 Å². The minimum Gasteiger partial charge on any atom is -0.319 e. The summed E-state index contributed by atoms with van der Waals surface area (Å²) in [5.41, 5.74) is 0. The summed E-state index contributed by atoms with van der Waals surface area (Å²) in [6.45, 7) is 2.21. The summed E-state index contributed by atoms with van der Waals surface area (Å²) in [6, 6.07) is 0. The molecule has 11 heavy (non-hydrogen) atoms. The molecule has 0 rings (SSSR count).